The normalized spacial score (nSPS) is 24.4. The smallest absolute Gasteiger partial charge is 0.232 e. The van der Waals surface area contributed by atoms with Crippen LogP contribution in [0.2, 0.25) is 0 Å². The van der Waals surface area contributed by atoms with E-state index < -0.39 is 36.0 Å². The lowest BCUT2D eigenvalue weighted by atomic mass is 9.83. The summed E-state index contributed by atoms with van der Waals surface area (Å²) in [6, 6.07) is 9.07. The number of hydrogen-bond donors (Lipinski definition) is 1. The summed E-state index contributed by atoms with van der Waals surface area (Å²) in [5.41, 5.74) is 0.923. The Morgan fingerprint density at radius 2 is 1.59 bits per heavy atom. The minimum atomic E-state index is -0.662. The maximum Gasteiger partial charge on any atom is 0.232 e. The predicted molar refractivity (Wildman–Crippen MR) is 265 cm³/mol. The zero-order chi connectivity index (χ0) is 51.2. The molecule has 0 aromatic heterocycles. The Morgan fingerprint density at radius 1 is 0.886 bits per heavy atom. The van der Waals surface area contributed by atoms with E-state index in [4.69, 9.17) is 18.9 Å². The minimum Gasteiger partial charge on any atom is -0.379 e. The highest BCUT2D eigenvalue weighted by Crippen LogP contribution is 2.43. The molecule has 70 heavy (non-hydrogen) atoms. The Labute approximate surface area is 417 Å². The lowest BCUT2D eigenvalue weighted by Gasteiger charge is -2.41. The van der Waals surface area contributed by atoms with Gasteiger partial charge in [0, 0.05) is 83.3 Å². The number of benzene rings is 1. The van der Waals surface area contributed by atoms with E-state index in [0.717, 1.165) is 37.7 Å². The zero-order valence-corrected chi connectivity index (χ0v) is 43.9. The number of piperidine rings is 1. The number of Topliss-reactive ketones (excluding diaryl/α,β-unsaturated/α-hetero) is 2. The molecule has 16 heteroatoms. The lowest BCUT2D eigenvalue weighted by molar-refractivity contribution is -0.149. The van der Waals surface area contributed by atoms with E-state index in [1.165, 1.54) is 4.90 Å². The molecule has 3 saturated heterocycles. The maximum atomic E-state index is 14.5. The second-order valence-electron chi connectivity index (χ2n) is 21.0. The Morgan fingerprint density at radius 3 is 2.19 bits per heavy atom. The van der Waals surface area contributed by atoms with Gasteiger partial charge in [-0.3, -0.25) is 43.4 Å². The summed E-state index contributed by atoms with van der Waals surface area (Å²) in [4.78, 5) is 102. The molecule has 1 aliphatic carbocycles. The minimum absolute atomic E-state index is 0.0119. The SMILES string of the molecule is CC[C@H](C)[C@@H]([C@@H](CC(=O)N1CCC[C@H]1[C@H](OC)[C@@H](C)C(=O)C[C@@H](Cc1ccccc1)C(=O)NCCOCCOCCN1C(=O)CC(C)C1=O)OC)N(C)C(=O)[C@@H](CC(=O)[C@@H]1[C@H]2CC[C@H](C2)N1C)C(C)C. The van der Waals surface area contributed by atoms with Gasteiger partial charge in [-0.25, -0.2) is 0 Å². The maximum absolute atomic E-state index is 14.5. The molecule has 1 unspecified atom stereocenters. The molecule has 4 aliphatic rings. The van der Waals surface area contributed by atoms with Crippen molar-refractivity contribution in [1.29, 1.82) is 0 Å². The summed E-state index contributed by atoms with van der Waals surface area (Å²) in [6.07, 6.45) is 4.89. The molecule has 0 spiro atoms. The van der Waals surface area contributed by atoms with Gasteiger partial charge in [0.1, 0.15) is 5.78 Å². The van der Waals surface area contributed by atoms with E-state index in [1.54, 1.807) is 33.1 Å². The van der Waals surface area contributed by atoms with Crippen LogP contribution in [0.4, 0.5) is 0 Å². The fraction of sp³-hybridized carbons (Fsp3) is 0.759. The van der Waals surface area contributed by atoms with Crippen LogP contribution in [0.5, 0.6) is 0 Å². The quantitative estimate of drug-likeness (QED) is 0.0808. The number of amides is 5. The fourth-order valence-corrected chi connectivity index (χ4v) is 11.8. The first-order valence-electron chi connectivity index (χ1n) is 26.1. The van der Waals surface area contributed by atoms with Gasteiger partial charge in [-0.1, -0.05) is 78.3 Å². The molecule has 2 bridgehead atoms. The van der Waals surface area contributed by atoms with Crippen LogP contribution in [0.15, 0.2) is 30.3 Å². The zero-order valence-electron chi connectivity index (χ0n) is 43.9. The van der Waals surface area contributed by atoms with Gasteiger partial charge in [0.2, 0.25) is 29.5 Å². The molecule has 1 saturated carbocycles. The first-order chi connectivity index (χ1) is 33.4. The largest absolute Gasteiger partial charge is 0.379 e. The number of carbonyl (C=O) groups is 7. The van der Waals surface area contributed by atoms with Crippen LogP contribution in [0.1, 0.15) is 111 Å². The highest BCUT2D eigenvalue weighted by molar-refractivity contribution is 6.03. The third-order valence-corrected chi connectivity index (χ3v) is 16.1. The lowest BCUT2D eigenvalue weighted by Crippen LogP contribution is -2.54. The average molecular weight is 980 g/mol. The third-order valence-electron chi connectivity index (χ3n) is 16.1. The molecule has 392 valence electrons. The molecule has 4 fully saturated rings. The number of rotatable bonds is 30. The fourth-order valence-electron chi connectivity index (χ4n) is 11.8. The van der Waals surface area contributed by atoms with Crippen molar-refractivity contribution in [2.75, 3.05) is 74.4 Å². The summed E-state index contributed by atoms with van der Waals surface area (Å²) in [5.74, 6) is -2.66. The van der Waals surface area contributed by atoms with E-state index >= 15 is 0 Å². The number of imide groups is 1. The van der Waals surface area contributed by atoms with Crippen LogP contribution in [-0.4, -0.2) is 171 Å². The number of likely N-dealkylation sites (N-methyl/N-ethyl adjacent to an activating group) is 2. The Balaban J connectivity index is 1.17. The molecule has 3 aliphatic heterocycles. The van der Waals surface area contributed by atoms with E-state index in [0.29, 0.717) is 31.3 Å². The monoisotopic (exact) mass is 980 g/mol. The van der Waals surface area contributed by atoms with Crippen molar-refractivity contribution in [3.63, 3.8) is 0 Å². The second kappa shape index (κ2) is 27.1. The number of hydrogen-bond acceptors (Lipinski definition) is 12. The van der Waals surface area contributed by atoms with Crippen LogP contribution >= 0.6 is 0 Å². The Kier molecular flexibility index (Phi) is 22.0. The average Bonchev–Trinajstić information content (AvgIpc) is 4.14. The van der Waals surface area contributed by atoms with Crippen molar-refractivity contribution in [3.8, 4) is 0 Å². The topological polar surface area (TPSA) is 181 Å². The summed E-state index contributed by atoms with van der Waals surface area (Å²) in [5, 5.41) is 2.94. The van der Waals surface area contributed by atoms with Gasteiger partial charge in [0.05, 0.1) is 69.7 Å². The first kappa shape index (κ1) is 56.8. The second-order valence-corrected chi connectivity index (χ2v) is 21.0. The Hall–Kier alpha value is -4.09. The van der Waals surface area contributed by atoms with Crippen LogP contribution < -0.4 is 5.32 Å². The van der Waals surface area contributed by atoms with Crippen molar-refractivity contribution in [2.24, 2.45) is 41.4 Å². The molecule has 1 N–H and O–H groups in total. The van der Waals surface area contributed by atoms with E-state index in [2.05, 4.69) is 24.1 Å². The molecule has 3 heterocycles. The predicted octanol–water partition coefficient (Wildman–Crippen LogP) is 4.98. The molecule has 0 radical (unpaired) electrons. The van der Waals surface area contributed by atoms with Gasteiger partial charge in [-0.2, -0.15) is 0 Å². The molecule has 1 aromatic carbocycles. The Bertz CT molecular complexity index is 1910. The number of ketones is 2. The highest BCUT2D eigenvalue weighted by Gasteiger charge is 2.49. The van der Waals surface area contributed by atoms with E-state index in [-0.39, 0.29) is 136 Å². The molecule has 5 amide bonds. The number of fused-ring (bicyclic) bond motifs is 2. The van der Waals surface area contributed by atoms with E-state index in [9.17, 15) is 33.6 Å². The van der Waals surface area contributed by atoms with Crippen LogP contribution in [0.25, 0.3) is 0 Å². The van der Waals surface area contributed by atoms with Crippen molar-refractivity contribution < 1.29 is 52.5 Å². The van der Waals surface area contributed by atoms with Crippen molar-refractivity contribution in [1.82, 2.24) is 24.9 Å². The summed E-state index contributed by atoms with van der Waals surface area (Å²) in [7, 11) is 6.98. The van der Waals surface area contributed by atoms with Crippen molar-refractivity contribution in [3.05, 3.63) is 35.9 Å². The van der Waals surface area contributed by atoms with Crippen LogP contribution in [-0.2, 0) is 58.9 Å². The van der Waals surface area contributed by atoms with Crippen molar-refractivity contribution >= 4 is 41.1 Å². The van der Waals surface area contributed by atoms with Crippen LogP contribution in [0.3, 0.4) is 0 Å². The number of likely N-dealkylation sites (tertiary alicyclic amines) is 3. The molecule has 12 atom stereocenters. The first-order valence-corrected chi connectivity index (χ1v) is 26.1. The van der Waals surface area contributed by atoms with Gasteiger partial charge < -0.3 is 34.1 Å². The van der Waals surface area contributed by atoms with Gasteiger partial charge in [-0.15, -0.1) is 0 Å². The third kappa shape index (κ3) is 14.3. The van der Waals surface area contributed by atoms with E-state index in [1.807, 2.05) is 63.1 Å². The number of methoxy groups -OCH3 is 2. The number of nitrogens with zero attached hydrogens (tertiary/aromatic N) is 4. The van der Waals surface area contributed by atoms with Crippen molar-refractivity contribution in [2.45, 2.75) is 149 Å². The van der Waals surface area contributed by atoms with Gasteiger partial charge in [0.15, 0.2) is 5.78 Å². The number of carbonyl (C=O) groups excluding carboxylic acids is 7. The van der Waals surface area contributed by atoms with Gasteiger partial charge in [-0.05, 0) is 68.9 Å². The molecule has 5 rings (SSSR count). The number of nitrogens with one attached hydrogen (secondary N) is 1. The molecule has 16 nitrogen and oxygen atoms in total. The molecular formula is C54H85N5O11. The van der Waals surface area contributed by atoms with Gasteiger partial charge in [0.25, 0.3) is 0 Å². The molecule has 1 aromatic rings. The summed E-state index contributed by atoms with van der Waals surface area (Å²) >= 11 is 0. The molecular weight excluding hydrogens is 895 g/mol. The standard InChI is InChI=1S/C54H85N5O11/c1-11-35(4)49(57(8)54(66)42(34(2)3)32-45(61)50-39-19-20-41(30-39)56(50)7)46(67-9)33-48(63)58-22-15-18-43(58)51(68-10)37(6)44(60)31-40(29-38-16-13-12-14-17-38)52(64)55-21-24-69-26-27-70-25-23-59-47(62)28-36(5)53(59)65/h12-14,16-17,34-37,39-43,46,49-51H,11,15,18-33H2,1-10H3,(H,55,64)/t35-,36?,37-,39-,40+,41+,42-,43-,46+,49-,50-,51+/m0/s1. The van der Waals surface area contributed by atoms with Crippen LogP contribution in [0, 0.1) is 41.4 Å². The summed E-state index contributed by atoms with van der Waals surface area (Å²) < 4.78 is 23.4. The summed E-state index contributed by atoms with van der Waals surface area (Å²) in [6.45, 7) is 13.6. The highest BCUT2D eigenvalue weighted by atomic mass is 16.5. The number of ether oxygens (including phenoxy) is 4. The van der Waals surface area contributed by atoms with Gasteiger partial charge >= 0.3 is 0 Å².